The molecule has 0 radical (unpaired) electrons. The molecule has 0 unspecified atom stereocenters. The quantitative estimate of drug-likeness (QED) is 0.709. The molecule has 0 atom stereocenters. The van der Waals surface area contributed by atoms with Gasteiger partial charge in [-0.1, -0.05) is 17.7 Å². The van der Waals surface area contributed by atoms with Gasteiger partial charge in [-0.25, -0.2) is 4.98 Å². The number of H-pyrrole nitrogens is 1. The van der Waals surface area contributed by atoms with E-state index in [9.17, 15) is 0 Å². The molecule has 0 aliphatic rings. The van der Waals surface area contributed by atoms with Crippen LogP contribution in [0.3, 0.4) is 0 Å². The molecule has 2 N–H and O–H groups in total. The predicted molar refractivity (Wildman–Crippen MR) is 75.3 cm³/mol. The highest BCUT2D eigenvalue weighted by Crippen LogP contribution is 2.21. The fourth-order valence-electron chi connectivity index (χ4n) is 2.02. The molecule has 0 saturated carbocycles. The van der Waals surface area contributed by atoms with Gasteiger partial charge in [-0.05, 0) is 38.1 Å². The molecule has 2 aromatic heterocycles. The Morgan fingerprint density at radius 3 is 2.56 bits per heavy atom. The van der Waals surface area contributed by atoms with Crippen molar-refractivity contribution in [3.63, 3.8) is 0 Å². The summed E-state index contributed by atoms with van der Waals surface area (Å²) in [6.07, 6.45) is 1.85. The first-order chi connectivity index (χ1) is 8.70. The largest absolute Gasteiger partial charge is 0.354 e. The van der Waals surface area contributed by atoms with Gasteiger partial charge >= 0.3 is 0 Å². The number of anilines is 2. The number of pyridine rings is 1. The smallest absolute Gasteiger partial charge is 0.137 e. The number of nitrogens with one attached hydrogen (secondary N) is 2. The van der Waals surface area contributed by atoms with Crippen LogP contribution in [0.1, 0.15) is 11.3 Å². The molecule has 90 valence electrons. The Hall–Kier alpha value is -2.29. The second-order valence-electron chi connectivity index (χ2n) is 4.61. The van der Waals surface area contributed by atoms with E-state index in [-0.39, 0.29) is 0 Å². The number of nitrogens with zero attached hydrogens (tertiary/aromatic N) is 1. The van der Waals surface area contributed by atoms with Crippen molar-refractivity contribution in [3.8, 4) is 0 Å². The first kappa shape index (κ1) is 10.8. The summed E-state index contributed by atoms with van der Waals surface area (Å²) < 4.78 is 0. The molecule has 3 rings (SSSR count). The minimum Gasteiger partial charge on any atom is -0.354 e. The summed E-state index contributed by atoms with van der Waals surface area (Å²) in [5, 5.41) is 4.49. The van der Waals surface area contributed by atoms with E-state index in [0.29, 0.717) is 0 Å². The molecule has 0 fully saturated rings. The highest BCUT2D eigenvalue weighted by atomic mass is 14.9. The molecule has 0 spiro atoms. The molecule has 0 aliphatic heterocycles. The summed E-state index contributed by atoms with van der Waals surface area (Å²) in [5.41, 5.74) is 5.40. The predicted octanol–water partition coefficient (Wildman–Crippen LogP) is 3.92. The average molecular weight is 237 g/mol. The standard InChI is InChI=1S/C15H15N3/c1-10-3-5-13(6-4-10)18-14-8-12-7-11(2)17-15(12)16-9-14/h3-9,18H,1-2H3,(H,16,17). The number of rotatable bonds is 2. The molecule has 0 saturated heterocycles. The average Bonchev–Trinajstić information content (AvgIpc) is 2.71. The van der Waals surface area contributed by atoms with Gasteiger partial charge < -0.3 is 10.3 Å². The van der Waals surface area contributed by atoms with E-state index < -0.39 is 0 Å². The van der Waals surface area contributed by atoms with E-state index in [1.165, 1.54) is 5.56 Å². The van der Waals surface area contributed by atoms with Crippen LogP contribution >= 0.6 is 0 Å². The van der Waals surface area contributed by atoms with Crippen LogP contribution < -0.4 is 5.32 Å². The number of aryl methyl sites for hydroxylation is 2. The van der Waals surface area contributed by atoms with Crippen molar-refractivity contribution in [3.05, 3.63) is 53.9 Å². The van der Waals surface area contributed by atoms with Crippen LogP contribution in [-0.2, 0) is 0 Å². The van der Waals surface area contributed by atoms with Crippen LogP contribution in [0.5, 0.6) is 0 Å². The summed E-state index contributed by atoms with van der Waals surface area (Å²) >= 11 is 0. The van der Waals surface area contributed by atoms with Gasteiger partial charge in [0, 0.05) is 16.8 Å². The fourth-order valence-corrected chi connectivity index (χ4v) is 2.02. The van der Waals surface area contributed by atoms with E-state index in [1.54, 1.807) is 0 Å². The third-order valence-electron chi connectivity index (χ3n) is 2.94. The molecule has 0 bridgehead atoms. The van der Waals surface area contributed by atoms with Gasteiger partial charge in [0.05, 0.1) is 11.9 Å². The molecule has 1 aromatic carbocycles. The van der Waals surface area contributed by atoms with Crippen molar-refractivity contribution >= 4 is 22.4 Å². The van der Waals surface area contributed by atoms with Crippen molar-refractivity contribution in [2.24, 2.45) is 0 Å². The Kier molecular flexibility index (Phi) is 2.52. The van der Waals surface area contributed by atoms with E-state index in [1.807, 2.05) is 13.1 Å². The second kappa shape index (κ2) is 4.18. The summed E-state index contributed by atoms with van der Waals surface area (Å²) in [4.78, 5) is 7.62. The maximum atomic E-state index is 4.40. The zero-order valence-electron chi connectivity index (χ0n) is 10.5. The van der Waals surface area contributed by atoms with E-state index in [2.05, 4.69) is 58.6 Å². The van der Waals surface area contributed by atoms with Crippen LogP contribution in [0.2, 0.25) is 0 Å². The highest BCUT2D eigenvalue weighted by Gasteiger charge is 2.01. The molecule has 0 amide bonds. The van der Waals surface area contributed by atoms with Crippen LogP contribution in [-0.4, -0.2) is 9.97 Å². The SMILES string of the molecule is Cc1ccc(Nc2cnc3[nH]c(C)cc3c2)cc1. The maximum Gasteiger partial charge on any atom is 0.137 e. The molecule has 3 aromatic rings. The molecule has 3 nitrogen and oxygen atoms in total. The van der Waals surface area contributed by atoms with Crippen molar-refractivity contribution in [2.45, 2.75) is 13.8 Å². The van der Waals surface area contributed by atoms with Gasteiger partial charge in [0.15, 0.2) is 0 Å². The van der Waals surface area contributed by atoms with Gasteiger partial charge in [-0.2, -0.15) is 0 Å². The molecule has 2 heterocycles. The van der Waals surface area contributed by atoms with Gasteiger partial charge in [-0.15, -0.1) is 0 Å². The number of fused-ring (bicyclic) bond motifs is 1. The van der Waals surface area contributed by atoms with Crippen molar-refractivity contribution in [1.82, 2.24) is 9.97 Å². The minimum atomic E-state index is 0.932. The number of aromatic amines is 1. The molecular formula is C15H15N3. The van der Waals surface area contributed by atoms with Gasteiger partial charge in [0.2, 0.25) is 0 Å². The summed E-state index contributed by atoms with van der Waals surface area (Å²) in [7, 11) is 0. The maximum absolute atomic E-state index is 4.40. The Balaban J connectivity index is 1.92. The first-order valence-corrected chi connectivity index (χ1v) is 6.00. The second-order valence-corrected chi connectivity index (χ2v) is 4.61. The van der Waals surface area contributed by atoms with Crippen LogP contribution in [0.15, 0.2) is 42.6 Å². The number of aromatic nitrogens is 2. The number of hydrogen-bond donors (Lipinski definition) is 2. The summed E-state index contributed by atoms with van der Waals surface area (Å²) in [6, 6.07) is 12.5. The monoisotopic (exact) mass is 237 g/mol. The Bertz CT molecular complexity index is 681. The Morgan fingerprint density at radius 1 is 1.00 bits per heavy atom. The zero-order valence-corrected chi connectivity index (χ0v) is 10.5. The first-order valence-electron chi connectivity index (χ1n) is 6.00. The highest BCUT2D eigenvalue weighted by molar-refractivity contribution is 5.81. The Labute approximate surface area is 106 Å². The molecule has 0 aliphatic carbocycles. The third-order valence-corrected chi connectivity index (χ3v) is 2.94. The van der Waals surface area contributed by atoms with Gasteiger partial charge in [-0.3, -0.25) is 0 Å². The minimum absolute atomic E-state index is 0.932. The Morgan fingerprint density at radius 2 is 1.78 bits per heavy atom. The van der Waals surface area contributed by atoms with Crippen LogP contribution in [0.25, 0.3) is 11.0 Å². The van der Waals surface area contributed by atoms with E-state index >= 15 is 0 Å². The number of benzene rings is 1. The van der Waals surface area contributed by atoms with Gasteiger partial charge in [0.1, 0.15) is 5.65 Å². The molecule has 3 heteroatoms. The summed E-state index contributed by atoms with van der Waals surface area (Å²) in [5.74, 6) is 0. The lowest BCUT2D eigenvalue weighted by Gasteiger charge is -2.06. The third kappa shape index (κ3) is 2.07. The van der Waals surface area contributed by atoms with Crippen molar-refractivity contribution in [2.75, 3.05) is 5.32 Å². The normalized spacial score (nSPS) is 10.8. The lowest BCUT2D eigenvalue weighted by atomic mass is 10.2. The van der Waals surface area contributed by atoms with Crippen LogP contribution in [0, 0.1) is 13.8 Å². The lowest BCUT2D eigenvalue weighted by molar-refractivity contribution is 1.25. The van der Waals surface area contributed by atoms with Crippen molar-refractivity contribution in [1.29, 1.82) is 0 Å². The summed E-state index contributed by atoms with van der Waals surface area (Å²) in [6.45, 7) is 4.12. The van der Waals surface area contributed by atoms with E-state index in [4.69, 9.17) is 0 Å². The lowest BCUT2D eigenvalue weighted by Crippen LogP contribution is -1.91. The molecular weight excluding hydrogens is 222 g/mol. The van der Waals surface area contributed by atoms with Crippen LogP contribution in [0.4, 0.5) is 11.4 Å². The van der Waals surface area contributed by atoms with Crippen molar-refractivity contribution < 1.29 is 0 Å². The molecule has 18 heavy (non-hydrogen) atoms. The topological polar surface area (TPSA) is 40.7 Å². The fraction of sp³-hybridized carbons (Fsp3) is 0.133. The van der Waals surface area contributed by atoms with E-state index in [0.717, 1.165) is 28.1 Å². The zero-order chi connectivity index (χ0) is 12.5. The van der Waals surface area contributed by atoms with Gasteiger partial charge in [0.25, 0.3) is 0 Å². The number of hydrogen-bond acceptors (Lipinski definition) is 2.